The van der Waals surface area contributed by atoms with Gasteiger partial charge in [0.25, 0.3) is 0 Å². The van der Waals surface area contributed by atoms with Crippen molar-refractivity contribution in [3.63, 3.8) is 0 Å². The van der Waals surface area contributed by atoms with Crippen molar-refractivity contribution in [2.24, 2.45) is 12.8 Å². The van der Waals surface area contributed by atoms with E-state index in [1.54, 1.807) is 17.1 Å². The Morgan fingerprint density at radius 2 is 1.94 bits per heavy atom. The zero-order valence-corrected chi connectivity index (χ0v) is 20.9. The summed E-state index contributed by atoms with van der Waals surface area (Å²) >= 11 is 0. The van der Waals surface area contributed by atoms with Gasteiger partial charge >= 0.3 is 0 Å². The molecule has 0 amide bonds. The maximum absolute atomic E-state index is 15.0. The van der Waals surface area contributed by atoms with E-state index in [1.165, 1.54) is 6.07 Å². The summed E-state index contributed by atoms with van der Waals surface area (Å²) in [4.78, 5) is 4.59. The summed E-state index contributed by atoms with van der Waals surface area (Å²) < 4.78 is 24.5. The van der Waals surface area contributed by atoms with E-state index in [0.29, 0.717) is 31.1 Å². The fourth-order valence-electron chi connectivity index (χ4n) is 3.85. The molecule has 1 aromatic carbocycles. The van der Waals surface area contributed by atoms with Crippen LogP contribution >= 0.6 is 0 Å². The average molecular weight is 467 g/mol. The van der Waals surface area contributed by atoms with Crippen molar-refractivity contribution < 1.29 is 9.13 Å². The van der Waals surface area contributed by atoms with Crippen molar-refractivity contribution in [3.05, 3.63) is 53.7 Å². The monoisotopic (exact) mass is 466 g/mol. The first-order valence-electron chi connectivity index (χ1n) is 11.1. The molecule has 0 aliphatic rings. The summed E-state index contributed by atoms with van der Waals surface area (Å²) in [6.45, 7) is 10.2. The number of halogens is 1. The van der Waals surface area contributed by atoms with Crippen LogP contribution in [0.1, 0.15) is 11.1 Å². The topological polar surface area (TPSA) is 83.8 Å². The van der Waals surface area contributed by atoms with Crippen LogP contribution in [0.3, 0.4) is 0 Å². The molecule has 0 saturated heterocycles. The van der Waals surface area contributed by atoms with Crippen molar-refractivity contribution in [3.8, 4) is 22.5 Å². The van der Waals surface area contributed by atoms with Crippen LogP contribution in [0.5, 0.6) is 0 Å². The van der Waals surface area contributed by atoms with Gasteiger partial charge in [0.05, 0.1) is 23.6 Å². The molecule has 2 N–H and O–H groups in total. The Balaban J connectivity index is 1.77. The SMILES string of the molecule is Cc1cc(CN)cc(F)c1-c1cc2c(-c3cnn(C)c3)nn(COCC[Si](C)(C)C)c2cn1. The maximum atomic E-state index is 15.0. The Bertz CT molecular complexity index is 1270. The highest BCUT2D eigenvalue weighted by Gasteiger charge is 2.19. The lowest BCUT2D eigenvalue weighted by molar-refractivity contribution is 0.0818. The molecule has 174 valence electrons. The summed E-state index contributed by atoms with van der Waals surface area (Å²) in [7, 11) is 0.690. The predicted octanol–water partition coefficient (Wildman–Crippen LogP) is 4.72. The third kappa shape index (κ3) is 5.05. The Hall–Kier alpha value is -2.88. The predicted molar refractivity (Wildman–Crippen MR) is 132 cm³/mol. The number of nitrogens with zero attached hydrogens (tertiary/aromatic N) is 5. The zero-order chi connectivity index (χ0) is 23.8. The van der Waals surface area contributed by atoms with Crippen LogP contribution in [0.25, 0.3) is 33.4 Å². The molecule has 0 atom stereocenters. The fraction of sp³-hybridized carbons (Fsp3) is 0.375. The highest BCUT2D eigenvalue weighted by Crippen LogP contribution is 2.33. The number of rotatable bonds is 8. The second-order valence-corrected chi connectivity index (χ2v) is 15.3. The van der Waals surface area contributed by atoms with Crippen LogP contribution < -0.4 is 5.73 Å². The van der Waals surface area contributed by atoms with E-state index in [9.17, 15) is 4.39 Å². The first-order valence-corrected chi connectivity index (χ1v) is 14.8. The van der Waals surface area contributed by atoms with Crippen molar-refractivity contribution in [1.29, 1.82) is 0 Å². The van der Waals surface area contributed by atoms with Gasteiger partial charge in [-0.15, -0.1) is 0 Å². The minimum atomic E-state index is -1.18. The molecule has 0 fully saturated rings. The number of hydrogen-bond donors (Lipinski definition) is 1. The number of pyridine rings is 1. The molecule has 3 aromatic heterocycles. The van der Waals surface area contributed by atoms with Crippen molar-refractivity contribution in [2.45, 2.75) is 45.9 Å². The zero-order valence-electron chi connectivity index (χ0n) is 19.9. The summed E-state index contributed by atoms with van der Waals surface area (Å²) in [5.41, 5.74) is 10.8. The van der Waals surface area contributed by atoms with E-state index in [2.05, 4.69) is 29.7 Å². The van der Waals surface area contributed by atoms with Gasteiger partial charge in [-0.3, -0.25) is 9.67 Å². The lowest BCUT2D eigenvalue weighted by Gasteiger charge is -2.15. The quantitative estimate of drug-likeness (QED) is 0.300. The normalized spacial score (nSPS) is 12.1. The largest absolute Gasteiger partial charge is 0.360 e. The molecule has 33 heavy (non-hydrogen) atoms. The molecule has 4 rings (SSSR count). The number of fused-ring (bicyclic) bond motifs is 1. The Morgan fingerprint density at radius 1 is 1.15 bits per heavy atom. The fourth-order valence-corrected chi connectivity index (χ4v) is 4.61. The first-order chi connectivity index (χ1) is 15.7. The molecule has 0 bridgehead atoms. The van der Waals surface area contributed by atoms with Crippen molar-refractivity contribution >= 4 is 19.0 Å². The smallest absolute Gasteiger partial charge is 0.140 e. The summed E-state index contributed by atoms with van der Waals surface area (Å²) in [5, 5.41) is 9.98. The van der Waals surface area contributed by atoms with Crippen molar-refractivity contribution in [2.75, 3.05) is 6.61 Å². The standard InChI is InChI=1S/C24H31FN6OSi/c1-16-8-17(11-26)9-20(25)23(16)21-10-19-22(13-27-21)31(15-32-6-7-33(3,4)5)29-24(19)18-12-28-30(2)14-18/h8-10,12-14H,6-7,11,15,26H2,1-5H3. The van der Waals surface area contributed by atoms with Gasteiger partial charge in [0.1, 0.15) is 18.2 Å². The molecular formula is C24H31FN6OSi. The lowest BCUT2D eigenvalue weighted by atomic mass is 10.00. The van der Waals surface area contributed by atoms with Gasteiger partial charge in [0, 0.05) is 51.0 Å². The third-order valence-corrected chi connectivity index (χ3v) is 7.37. The Labute approximate surface area is 194 Å². The van der Waals surface area contributed by atoms with E-state index in [4.69, 9.17) is 15.6 Å². The van der Waals surface area contributed by atoms with Gasteiger partial charge in [-0.25, -0.2) is 9.07 Å². The number of hydrogen-bond acceptors (Lipinski definition) is 5. The van der Waals surface area contributed by atoms with E-state index in [-0.39, 0.29) is 5.82 Å². The van der Waals surface area contributed by atoms with Gasteiger partial charge in [-0.2, -0.15) is 10.2 Å². The summed E-state index contributed by atoms with van der Waals surface area (Å²) in [6.07, 6.45) is 5.44. The van der Waals surface area contributed by atoms with Crippen LogP contribution in [0.15, 0.2) is 36.8 Å². The van der Waals surface area contributed by atoms with Gasteiger partial charge in [0.2, 0.25) is 0 Å². The second-order valence-electron chi connectivity index (χ2n) is 9.66. The molecule has 0 radical (unpaired) electrons. The molecule has 3 heterocycles. The van der Waals surface area contributed by atoms with E-state index in [0.717, 1.165) is 39.3 Å². The lowest BCUT2D eigenvalue weighted by Crippen LogP contribution is -2.22. The van der Waals surface area contributed by atoms with Gasteiger partial charge in [-0.1, -0.05) is 25.7 Å². The number of aryl methyl sites for hydroxylation is 2. The van der Waals surface area contributed by atoms with Gasteiger partial charge < -0.3 is 10.5 Å². The van der Waals surface area contributed by atoms with Crippen LogP contribution in [0, 0.1) is 12.7 Å². The molecule has 0 aliphatic heterocycles. The molecular weight excluding hydrogens is 435 g/mol. The first kappa shape index (κ1) is 23.3. The number of aromatic nitrogens is 5. The Kier molecular flexibility index (Phi) is 6.47. The van der Waals surface area contributed by atoms with Crippen LogP contribution in [0.2, 0.25) is 25.7 Å². The molecule has 9 heteroatoms. The van der Waals surface area contributed by atoms with Gasteiger partial charge in [-0.05, 0) is 36.2 Å². The maximum Gasteiger partial charge on any atom is 0.140 e. The van der Waals surface area contributed by atoms with Crippen LogP contribution in [-0.2, 0) is 25.1 Å². The van der Waals surface area contributed by atoms with Crippen molar-refractivity contribution in [1.82, 2.24) is 24.5 Å². The Morgan fingerprint density at radius 3 is 2.58 bits per heavy atom. The summed E-state index contributed by atoms with van der Waals surface area (Å²) in [6, 6.07) is 6.37. The molecule has 0 spiro atoms. The highest BCUT2D eigenvalue weighted by molar-refractivity contribution is 6.76. The van der Waals surface area contributed by atoms with E-state index >= 15 is 0 Å². The minimum absolute atomic E-state index is 0.292. The van der Waals surface area contributed by atoms with Crippen LogP contribution in [0.4, 0.5) is 4.39 Å². The number of nitrogens with two attached hydrogens (primary N) is 1. The summed E-state index contributed by atoms with van der Waals surface area (Å²) in [5.74, 6) is -0.327. The van der Waals surface area contributed by atoms with E-state index < -0.39 is 8.07 Å². The highest BCUT2D eigenvalue weighted by atomic mass is 28.3. The third-order valence-electron chi connectivity index (χ3n) is 5.66. The van der Waals surface area contributed by atoms with Crippen LogP contribution in [-0.4, -0.2) is 39.2 Å². The van der Waals surface area contributed by atoms with Gasteiger partial charge in [0.15, 0.2) is 0 Å². The molecule has 0 unspecified atom stereocenters. The molecule has 0 aliphatic carbocycles. The number of benzene rings is 1. The number of ether oxygens (including phenoxy) is 1. The molecule has 4 aromatic rings. The minimum Gasteiger partial charge on any atom is -0.360 e. The molecule has 7 nitrogen and oxygen atoms in total. The second kappa shape index (κ2) is 9.16. The molecule has 0 saturated carbocycles. The van der Waals surface area contributed by atoms with E-state index in [1.807, 2.05) is 37.0 Å². The average Bonchev–Trinajstić information content (AvgIpc) is 3.33.